The monoisotopic (exact) mass is 286 g/mol. The molecule has 2 aliphatic heterocycles. The Morgan fingerprint density at radius 2 is 1.45 bits per heavy atom. The number of hydrogen-bond acceptors (Lipinski definition) is 4. The van der Waals surface area contributed by atoms with Gasteiger partial charge in [0.15, 0.2) is 0 Å². The first-order valence-electron chi connectivity index (χ1n) is 6.98. The fourth-order valence-electron chi connectivity index (χ4n) is 3.18. The number of rotatable bonds is 0. The Morgan fingerprint density at radius 1 is 0.682 bits per heavy atom. The maximum atomic E-state index is 9.72. The van der Waals surface area contributed by atoms with Gasteiger partial charge in [0.05, 0.1) is 22.1 Å². The van der Waals surface area contributed by atoms with E-state index < -0.39 is 0 Å². The van der Waals surface area contributed by atoms with Crippen molar-refractivity contribution in [1.29, 1.82) is 0 Å². The minimum atomic E-state index is 0.206. The van der Waals surface area contributed by atoms with E-state index >= 15 is 0 Å². The lowest BCUT2D eigenvalue weighted by atomic mass is 10.0. The van der Waals surface area contributed by atoms with E-state index in [1.165, 1.54) is 0 Å². The molecule has 0 amide bonds. The molecule has 0 atom stereocenters. The van der Waals surface area contributed by atoms with Crippen LogP contribution in [0.15, 0.2) is 58.5 Å². The number of nitrogens with zero attached hydrogens (tertiary/aromatic N) is 2. The van der Waals surface area contributed by atoms with E-state index in [4.69, 9.17) is 4.99 Å². The molecular formula is C18H10N2O2. The fourth-order valence-corrected chi connectivity index (χ4v) is 3.18. The van der Waals surface area contributed by atoms with Crippen LogP contribution >= 0.6 is 0 Å². The number of phenols is 2. The van der Waals surface area contributed by atoms with Crippen LogP contribution in [-0.4, -0.2) is 10.2 Å². The van der Waals surface area contributed by atoms with Gasteiger partial charge in [-0.2, -0.15) is 0 Å². The Hall–Kier alpha value is -3.14. The molecule has 4 heteroatoms. The zero-order valence-corrected chi connectivity index (χ0v) is 11.4. The molecule has 2 heterocycles. The van der Waals surface area contributed by atoms with Gasteiger partial charge in [-0.1, -0.05) is 0 Å². The van der Waals surface area contributed by atoms with Crippen LogP contribution in [-0.2, 0) is 0 Å². The molecule has 0 aliphatic carbocycles. The molecule has 3 aromatic rings. The number of benzene rings is 3. The van der Waals surface area contributed by atoms with Gasteiger partial charge in [-0.15, -0.1) is 0 Å². The zero-order chi connectivity index (χ0) is 14.8. The maximum Gasteiger partial charge on any atom is 0.117 e. The summed E-state index contributed by atoms with van der Waals surface area (Å²) in [7, 11) is 0. The molecule has 2 aliphatic rings. The second kappa shape index (κ2) is 3.74. The molecular weight excluding hydrogens is 276 g/mol. The van der Waals surface area contributed by atoms with Crippen LogP contribution in [0.4, 0.5) is 11.4 Å². The molecule has 0 radical (unpaired) electrons. The summed E-state index contributed by atoms with van der Waals surface area (Å²) in [5.41, 5.74) is 3.61. The molecule has 22 heavy (non-hydrogen) atoms. The molecule has 0 unspecified atom stereocenters. The maximum absolute atomic E-state index is 9.72. The lowest BCUT2D eigenvalue weighted by Crippen LogP contribution is -2.00. The van der Waals surface area contributed by atoms with E-state index in [0.29, 0.717) is 0 Å². The lowest BCUT2D eigenvalue weighted by molar-refractivity contribution is 0.474. The Kier molecular flexibility index (Phi) is 1.96. The SMILES string of the molecule is Oc1ccc2c(c1)N=c1ccc3c(c1-2)N=c1ccc(O)cc1=3. The van der Waals surface area contributed by atoms with Crippen molar-refractivity contribution < 1.29 is 10.2 Å². The number of hydrogen-bond donors (Lipinski definition) is 2. The van der Waals surface area contributed by atoms with E-state index in [9.17, 15) is 10.2 Å². The van der Waals surface area contributed by atoms with Gasteiger partial charge >= 0.3 is 0 Å². The van der Waals surface area contributed by atoms with Crippen molar-refractivity contribution in [2.45, 2.75) is 0 Å². The molecule has 0 fully saturated rings. The molecule has 0 spiro atoms. The molecule has 4 nitrogen and oxygen atoms in total. The largest absolute Gasteiger partial charge is 0.508 e. The van der Waals surface area contributed by atoms with Crippen molar-refractivity contribution in [2.24, 2.45) is 9.98 Å². The molecule has 104 valence electrons. The van der Waals surface area contributed by atoms with Crippen LogP contribution in [0.2, 0.25) is 0 Å². The lowest BCUT2D eigenvalue weighted by Gasteiger charge is -2.02. The minimum Gasteiger partial charge on any atom is -0.508 e. The van der Waals surface area contributed by atoms with E-state index in [2.05, 4.69) is 4.99 Å². The van der Waals surface area contributed by atoms with Gasteiger partial charge in [-0.3, -0.25) is 0 Å². The second-order valence-corrected chi connectivity index (χ2v) is 5.48. The third-order valence-corrected chi connectivity index (χ3v) is 4.15. The summed E-state index contributed by atoms with van der Waals surface area (Å²) >= 11 is 0. The van der Waals surface area contributed by atoms with E-state index in [1.54, 1.807) is 24.3 Å². The average molecular weight is 286 g/mol. The van der Waals surface area contributed by atoms with Crippen molar-refractivity contribution in [3.05, 3.63) is 69.7 Å². The predicted octanol–water partition coefficient (Wildman–Crippen LogP) is 2.58. The van der Waals surface area contributed by atoms with Gasteiger partial charge < -0.3 is 10.2 Å². The highest BCUT2D eigenvalue weighted by Gasteiger charge is 2.20. The Bertz CT molecular complexity index is 1200. The van der Waals surface area contributed by atoms with Gasteiger partial charge in [0.25, 0.3) is 0 Å². The first-order valence-corrected chi connectivity index (χ1v) is 6.98. The van der Waals surface area contributed by atoms with Crippen molar-refractivity contribution in [3.63, 3.8) is 0 Å². The topological polar surface area (TPSA) is 65.2 Å². The van der Waals surface area contributed by atoms with Crippen molar-refractivity contribution in [2.75, 3.05) is 0 Å². The Labute approximate surface area is 124 Å². The molecule has 0 saturated carbocycles. The number of fused-ring (bicyclic) bond motifs is 6. The molecule has 0 bridgehead atoms. The summed E-state index contributed by atoms with van der Waals surface area (Å²) in [6.45, 7) is 0. The average Bonchev–Trinajstić information content (AvgIpc) is 3.03. The van der Waals surface area contributed by atoms with Crippen LogP contribution in [0.5, 0.6) is 11.5 Å². The molecule has 5 rings (SSSR count). The van der Waals surface area contributed by atoms with Crippen molar-refractivity contribution in [3.8, 4) is 22.6 Å². The quantitative estimate of drug-likeness (QED) is 0.459. The van der Waals surface area contributed by atoms with Crippen LogP contribution in [0.25, 0.3) is 11.1 Å². The first kappa shape index (κ1) is 11.5. The Morgan fingerprint density at radius 3 is 2.36 bits per heavy atom. The normalized spacial score (nSPS) is 12.7. The zero-order valence-electron chi connectivity index (χ0n) is 11.4. The van der Waals surface area contributed by atoms with Crippen LogP contribution in [0, 0.1) is 10.4 Å². The van der Waals surface area contributed by atoms with Crippen molar-refractivity contribution in [1.82, 2.24) is 0 Å². The molecule has 0 saturated heterocycles. The molecule has 0 aromatic heterocycles. The highest BCUT2D eigenvalue weighted by Crippen LogP contribution is 2.40. The summed E-state index contributed by atoms with van der Waals surface area (Å²) < 4.78 is 0. The van der Waals surface area contributed by atoms with Gasteiger partial charge in [0.2, 0.25) is 0 Å². The standard InChI is InChI=1S/C18H10N2O2/c21-9-2-5-14-13(7-9)11-4-6-15-17(18(11)20-14)12-3-1-10(22)8-16(12)19-15/h1-8,21-22H. The summed E-state index contributed by atoms with van der Waals surface area (Å²) in [4.78, 5) is 9.28. The summed E-state index contributed by atoms with van der Waals surface area (Å²) in [6, 6.07) is 14.3. The van der Waals surface area contributed by atoms with E-state index in [1.807, 2.05) is 24.3 Å². The summed E-state index contributed by atoms with van der Waals surface area (Å²) in [6.07, 6.45) is 0. The summed E-state index contributed by atoms with van der Waals surface area (Å²) in [5.74, 6) is 0.439. The summed E-state index contributed by atoms with van der Waals surface area (Å²) in [5, 5.41) is 23.0. The highest BCUT2D eigenvalue weighted by molar-refractivity contribution is 5.87. The van der Waals surface area contributed by atoms with Gasteiger partial charge in [-0.05, 0) is 42.5 Å². The highest BCUT2D eigenvalue weighted by atomic mass is 16.3. The number of aromatic hydroxyl groups is 2. The van der Waals surface area contributed by atoms with Crippen LogP contribution < -0.4 is 10.7 Å². The van der Waals surface area contributed by atoms with Gasteiger partial charge in [-0.25, -0.2) is 9.98 Å². The minimum absolute atomic E-state index is 0.206. The number of phenolic OH excluding ortho intramolecular Hbond substituents is 2. The second-order valence-electron chi connectivity index (χ2n) is 5.48. The molecule has 2 N–H and O–H groups in total. The fraction of sp³-hybridized carbons (Fsp3) is 0. The van der Waals surface area contributed by atoms with E-state index in [0.717, 1.165) is 43.7 Å². The van der Waals surface area contributed by atoms with Crippen molar-refractivity contribution >= 4 is 11.4 Å². The van der Waals surface area contributed by atoms with Crippen LogP contribution in [0.1, 0.15) is 0 Å². The third kappa shape index (κ3) is 1.36. The molecule has 3 aromatic carbocycles. The van der Waals surface area contributed by atoms with Gasteiger partial charge in [0, 0.05) is 27.6 Å². The third-order valence-electron chi connectivity index (χ3n) is 4.15. The van der Waals surface area contributed by atoms with Crippen LogP contribution in [0.3, 0.4) is 0 Å². The van der Waals surface area contributed by atoms with Gasteiger partial charge in [0.1, 0.15) is 11.5 Å². The van der Waals surface area contributed by atoms with E-state index in [-0.39, 0.29) is 11.5 Å². The predicted molar refractivity (Wildman–Crippen MR) is 81.0 cm³/mol. The Balaban J connectivity index is 1.97. The first-order chi connectivity index (χ1) is 10.7. The smallest absolute Gasteiger partial charge is 0.117 e.